The second-order valence-electron chi connectivity index (χ2n) is 6.17. The molecule has 0 unspecified atom stereocenters. The molecular formula is C17H20N2O3. The Hall–Kier alpha value is -2.17. The van der Waals surface area contributed by atoms with Crippen molar-refractivity contribution in [1.29, 1.82) is 0 Å². The number of amides is 2. The van der Waals surface area contributed by atoms with Crippen molar-refractivity contribution in [1.82, 2.24) is 10.6 Å². The summed E-state index contributed by atoms with van der Waals surface area (Å²) in [5.74, 6) is -1.66. The van der Waals surface area contributed by atoms with Gasteiger partial charge in [-0.05, 0) is 30.7 Å². The highest BCUT2D eigenvalue weighted by atomic mass is 16.2. The molecule has 0 aromatic heterocycles. The Balaban J connectivity index is 1.64. The van der Waals surface area contributed by atoms with E-state index < -0.39 is 23.5 Å². The average molecular weight is 300 g/mol. The summed E-state index contributed by atoms with van der Waals surface area (Å²) in [6, 6.07) is 9.58. The van der Waals surface area contributed by atoms with Crippen molar-refractivity contribution in [3.8, 4) is 0 Å². The Kier molecular flexibility index (Phi) is 4.22. The number of rotatable bonds is 6. The van der Waals surface area contributed by atoms with Crippen LogP contribution in [0.25, 0.3) is 0 Å². The first kappa shape index (κ1) is 14.8. The summed E-state index contributed by atoms with van der Waals surface area (Å²) in [5, 5.41) is 5.41. The molecule has 2 amide bonds. The van der Waals surface area contributed by atoms with Gasteiger partial charge in [-0.2, -0.15) is 0 Å². The predicted octanol–water partition coefficient (Wildman–Crippen LogP) is 0.687. The average Bonchev–Trinajstić information content (AvgIpc) is 3.30. The Labute approximate surface area is 129 Å². The second-order valence-corrected chi connectivity index (χ2v) is 6.17. The smallest absolute Gasteiger partial charge is 0.287 e. The minimum Gasteiger partial charge on any atom is -0.355 e. The van der Waals surface area contributed by atoms with E-state index in [2.05, 4.69) is 10.6 Å². The van der Waals surface area contributed by atoms with Crippen LogP contribution < -0.4 is 10.6 Å². The minimum atomic E-state index is -0.563. The molecule has 0 bridgehead atoms. The first-order valence-electron chi connectivity index (χ1n) is 7.79. The Morgan fingerprint density at radius 3 is 2.59 bits per heavy atom. The first-order valence-corrected chi connectivity index (χ1v) is 7.79. The molecule has 0 spiro atoms. The van der Waals surface area contributed by atoms with Crippen LogP contribution in [-0.4, -0.2) is 30.7 Å². The van der Waals surface area contributed by atoms with Gasteiger partial charge < -0.3 is 10.6 Å². The van der Waals surface area contributed by atoms with Gasteiger partial charge in [-0.15, -0.1) is 0 Å². The van der Waals surface area contributed by atoms with Gasteiger partial charge in [-0.1, -0.05) is 30.3 Å². The summed E-state index contributed by atoms with van der Waals surface area (Å²) in [7, 11) is 0. The van der Waals surface area contributed by atoms with E-state index in [1.807, 2.05) is 30.3 Å². The molecule has 1 aromatic carbocycles. The summed E-state index contributed by atoms with van der Waals surface area (Å²) < 4.78 is 0. The normalized spacial score (nSPS) is 23.9. The van der Waals surface area contributed by atoms with Crippen LogP contribution in [0.2, 0.25) is 0 Å². The van der Waals surface area contributed by atoms with Crippen LogP contribution in [0.3, 0.4) is 0 Å². The number of benzene rings is 1. The quantitative estimate of drug-likeness (QED) is 0.759. The molecule has 1 saturated carbocycles. The highest BCUT2D eigenvalue weighted by molar-refractivity contribution is 6.37. The Morgan fingerprint density at radius 1 is 1.18 bits per heavy atom. The number of ketones is 1. The molecule has 2 N–H and O–H groups in total. The maximum atomic E-state index is 12.3. The third-order valence-corrected chi connectivity index (χ3v) is 4.43. The molecule has 5 nitrogen and oxygen atoms in total. The van der Waals surface area contributed by atoms with Crippen LogP contribution in [0.5, 0.6) is 0 Å². The lowest BCUT2D eigenvalue weighted by Crippen LogP contribution is -2.39. The Morgan fingerprint density at radius 2 is 1.91 bits per heavy atom. The van der Waals surface area contributed by atoms with Crippen molar-refractivity contribution in [2.24, 2.45) is 17.8 Å². The zero-order chi connectivity index (χ0) is 15.5. The van der Waals surface area contributed by atoms with E-state index in [-0.39, 0.29) is 12.5 Å². The molecule has 22 heavy (non-hydrogen) atoms. The minimum absolute atomic E-state index is 0.141. The summed E-state index contributed by atoms with van der Waals surface area (Å²) >= 11 is 0. The van der Waals surface area contributed by atoms with Crippen molar-refractivity contribution in [2.45, 2.75) is 19.3 Å². The van der Waals surface area contributed by atoms with Gasteiger partial charge in [0, 0.05) is 13.1 Å². The first-order chi connectivity index (χ1) is 10.6. The topological polar surface area (TPSA) is 75.3 Å². The highest BCUT2D eigenvalue weighted by Crippen LogP contribution is 2.28. The van der Waals surface area contributed by atoms with Gasteiger partial charge in [-0.3, -0.25) is 14.4 Å². The van der Waals surface area contributed by atoms with Crippen molar-refractivity contribution >= 4 is 17.6 Å². The van der Waals surface area contributed by atoms with Gasteiger partial charge in [0.2, 0.25) is 11.7 Å². The van der Waals surface area contributed by atoms with Gasteiger partial charge in [0.1, 0.15) is 0 Å². The van der Waals surface area contributed by atoms with Crippen LogP contribution >= 0.6 is 0 Å². The molecule has 2 aliphatic rings. The molecular weight excluding hydrogens is 280 g/mol. The number of hydrogen-bond donors (Lipinski definition) is 2. The summed E-state index contributed by atoms with van der Waals surface area (Å²) in [6.07, 6.45) is 2.72. The molecule has 1 saturated heterocycles. The molecule has 1 aliphatic carbocycles. The van der Waals surface area contributed by atoms with Gasteiger partial charge >= 0.3 is 0 Å². The number of carbonyl (C=O) groups excluding carboxylic acids is 3. The van der Waals surface area contributed by atoms with Gasteiger partial charge in [0.25, 0.3) is 5.91 Å². The third kappa shape index (κ3) is 3.35. The fourth-order valence-corrected chi connectivity index (χ4v) is 2.86. The SMILES string of the molecule is O=C(NCC1CC1)C(=O)[C@H]1CNC(=O)[C@@H]1Cc1ccccc1. The van der Waals surface area contributed by atoms with Crippen molar-refractivity contribution in [3.63, 3.8) is 0 Å². The lowest BCUT2D eigenvalue weighted by atomic mass is 9.86. The Bertz CT molecular complexity index is 581. The molecule has 116 valence electrons. The number of nitrogens with one attached hydrogen (secondary N) is 2. The van der Waals surface area contributed by atoms with E-state index in [1.54, 1.807) is 0 Å². The molecule has 3 rings (SSSR count). The number of carbonyl (C=O) groups is 3. The van der Waals surface area contributed by atoms with E-state index in [0.717, 1.165) is 18.4 Å². The predicted molar refractivity (Wildman–Crippen MR) is 80.9 cm³/mol. The lowest BCUT2D eigenvalue weighted by Gasteiger charge is -2.15. The van der Waals surface area contributed by atoms with E-state index in [4.69, 9.17) is 0 Å². The second kappa shape index (κ2) is 6.30. The van der Waals surface area contributed by atoms with E-state index in [1.165, 1.54) is 0 Å². The summed E-state index contributed by atoms with van der Waals surface area (Å²) in [4.78, 5) is 36.3. The van der Waals surface area contributed by atoms with Crippen molar-refractivity contribution in [3.05, 3.63) is 35.9 Å². The van der Waals surface area contributed by atoms with Crippen LogP contribution in [-0.2, 0) is 20.8 Å². The van der Waals surface area contributed by atoms with Gasteiger partial charge in [0.05, 0.1) is 11.8 Å². The van der Waals surface area contributed by atoms with E-state index in [9.17, 15) is 14.4 Å². The molecule has 0 radical (unpaired) electrons. The van der Waals surface area contributed by atoms with Crippen LogP contribution in [0.1, 0.15) is 18.4 Å². The standard InChI is InChI=1S/C17H20N2O3/c20-15(17(22)18-9-12-6-7-12)14-10-19-16(21)13(14)8-11-4-2-1-3-5-11/h1-5,12-14H,6-10H2,(H,18,22)(H,19,21)/t13-,14+/m1/s1. The molecule has 1 aliphatic heterocycles. The zero-order valence-corrected chi connectivity index (χ0v) is 12.4. The summed E-state index contributed by atoms with van der Waals surface area (Å²) in [6.45, 7) is 0.827. The van der Waals surface area contributed by atoms with Gasteiger partial charge in [0.15, 0.2) is 0 Å². The van der Waals surface area contributed by atoms with Crippen molar-refractivity contribution in [2.75, 3.05) is 13.1 Å². The zero-order valence-electron chi connectivity index (χ0n) is 12.4. The molecule has 5 heteroatoms. The molecule has 2 atom stereocenters. The number of hydrogen-bond acceptors (Lipinski definition) is 3. The lowest BCUT2D eigenvalue weighted by molar-refractivity contribution is -0.141. The van der Waals surface area contributed by atoms with Crippen LogP contribution in [0.15, 0.2) is 30.3 Å². The van der Waals surface area contributed by atoms with Crippen LogP contribution in [0, 0.1) is 17.8 Å². The molecule has 1 heterocycles. The molecule has 1 aromatic rings. The molecule has 2 fully saturated rings. The van der Waals surface area contributed by atoms with Crippen molar-refractivity contribution < 1.29 is 14.4 Å². The fraction of sp³-hybridized carbons (Fsp3) is 0.471. The maximum Gasteiger partial charge on any atom is 0.287 e. The van der Waals surface area contributed by atoms with E-state index in [0.29, 0.717) is 18.9 Å². The summed E-state index contributed by atoms with van der Waals surface area (Å²) in [5.41, 5.74) is 1.00. The fourth-order valence-electron chi connectivity index (χ4n) is 2.86. The van der Waals surface area contributed by atoms with Crippen LogP contribution in [0.4, 0.5) is 0 Å². The third-order valence-electron chi connectivity index (χ3n) is 4.43. The largest absolute Gasteiger partial charge is 0.355 e. The monoisotopic (exact) mass is 300 g/mol. The van der Waals surface area contributed by atoms with E-state index >= 15 is 0 Å². The van der Waals surface area contributed by atoms with Gasteiger partial charge in [-0.25, -0.2) is 0 Å². The highest BCUT2D eigenvalue weighted by Gasteiger charge is 2.41. The number of Topliss-reactive ketones (excluding diaryl/α,β-unsaturated/α-hetero) is 1. The maximum absolute atomic E-state index is 12.3.